The first kappa shape index (κ1) is 19.1. The van der Waals surface area contributed by atoms with E-state index < -0.39 is 10.0 Å². The predicted octanol–water partition coefficient (Wildman–Crippen LogP) is 2.12. The van der Waals surface area contributed by atoms with Gasteiger partial charge in [0.2, 0.25) is 15.9 Å². The highest BCUT2D eigenvalue weighted by Gasteiger charge is 2.26. The van der Waals surface area contributed by atoms with Crippen LogP contribution in [0.25, 0.3) is 6.08 Å². The number of nitrogens with zero attached hydrogens (tertiary/aromatic N) is 2. The highest BCUT2D eigenvalue weighted by atomic mass is 32.2. The lowest BCUT2D eigenvalue weighted by molar-refractivity contribution is -0.129. The lowest BCUT2D eigenvalue weighted by Gasteiger charge is -2.32. The second-order valence-corrected chi connectivity index (χ2v) is 8.73. The van der Waals surface area contributed by atoms with Gasteiger partial charge in [0.25, 0.3) is 0 Å². The van der Waals surface area contributed by atoms with Crippen molar-refractivity contribution in [3.05, 3.63) is 35.9 Å². The summed E-state index contributed by atoms with van der Waals surface area (Å²) in [6.07, 6.45) is 6.60. The first-order chi connectivity index (χ1) is 12.5. The Balaban J connectivity index is 1.66. The van der Waals surface area contributed by atoms with Crippen molar-refractivity contribution in [3.63, 3.8) is 0 Å². The van der Waals surface area contributed by atoms with Crippen molar-refractivity contribution in [1.29, 1.82) is 0 Å². The van der Waals surface area contributed by atoms with Gasteiger partial charge in [0.05, 0.1) is 18.1 Å². The molecule has 0 spiro atoms. The number of piperidine rings is 1. The van der Waals surface area contributed by atoms with Gasteiger partial charge in [0, 0.05) is 31.8 Å². The van der Waals surface area contributed by atoms with Crippen LogP contribution < -0.4 is 0 Å². The minimum atomic E-state index is -3.48. The molecule has 0 N–H and O–H groups in total. The molecule has 142 valence electrons. The molecule has 0 bridgehead atoms. The molecule has 1 amide bonds. The van der Waals surface area contributed by atoms with Gasteiger partial charge in [-0.25, -0.2) is 8.42 Å². The summed E-state index contributed by atoms with van der Waals surface area (Å²) in [4.78, 5) is 14.5. The van der Waals surface area contributed by atoms with Crippen LogP contribution in [0.15, 0.2) is 35.2 Å². The van der Waals surface area contributed by atoms with Crippen LogP contribution >= 0.6 is 0 Å². The average Bonchev–Trinajstić information content (AvgIpc) is 2.67. The zero-order chi connectivity index (χ0) is 18.6. The fourth-order valence-electron chi connectivity index (χ4n) is 3.38. The van der Waals surface area contributed by atoms with Crippen molar-refractivity contribution >= 4 is 22.0 Å². The highest BCUT2D eigenvalue weighted by molar-refractivity contribution is 7.89. The third-order valence-electron chi connectivity index (χ3n) is 4.99. The molecule has 0 aromatic heterocycles. The zero-order valence-electron chi connectivity index (χ0n) is 15.1. The van der Waals surface area contributed by atoms with Gasteiger partial charge in [-0.2, -0.15) is 4.31 Å². The van der Waals surface area contributed by atoms with Gasteiger partial charge in [0.1, 0.15) is 0 Å². The second kappa shape index (κ2) is 8.33. The molecule has 1 aromatic rings. The zero-order valence-corrected chi connectivity index (χ0v) is 16.0. The summed E-state index contributed by atoms with van der Waals surface area (Å²) in [6, 6.07) is 6.94. The molecular weight excluding hydrogens is 352 g/mol. The van der Waals surface area contributed by atoms with Gasteiger partial charge in [0.15, 0.2) is 0 Å². The Hall–Kier alpha value is -1.70. The normalized spacial score (nSPS) is 22.7. The van der Waals surface area contributed by atoms with Crippen LogP contribution in [-0.2, 0) is 19.6 Å². The van der Waals surface area contributed by atoms with Crippen LogP contribution in [0.5, 0.6) is 0 Å². The molecule has 2 aliphatic heterocycles. The van der Waals surface area contributed by atoms with Gasteiger partial charge in [-0.3, -0.25) is 4.79 Å². The molecule has 1 aromatic carbocycles. The molecule has 1 atom stereocenters. The predicted molar refractivity (Wildman–Crippen MR) is 100 cm³/mol. The number of amides is 1. The first-order valence-corrected chi connectivity index (χ1v) is 10.6. The summed E-state index contributed by atoms with van der Waals surface area (Å²) in [5.41, 5.74) is 0.809. The van der Waals surface area contributed by atoms with Gasteiger partial charge in [-0.1, -0.05) is 12.1 Å². The monoisotopic (exact) mass is 378 g/mol. The lowest BCUT2D eigenvalue weighted by atomic mass is 10.0. The Labute approximate surface area is 155 Å². The molecule has 0 aliphatic carbocycles. The summed E-state index contributed by atoms with van der Waals surface area (Å²) in [6.45, 7) is 4.50. The van der Waals surface area contributed by atoms with Crippen LogP contribution in [0, 0.1) is 0 Å². The maximum atomic E-state index is 12.6. The Morgan fingerprint density at radius 2 is 1.81 bits per heavy atom. The van der Waals surface area contributed by atoms with E-state index in [-0.39, 0.29) is 16.8 Å². The number of benzene rings is 1. The molecule has 0 saturated carbocycles. The Bertz CT molecular complexity index is 752. The number of rotatable bonds is 4. The summed E-state index contributed by atoms with van der Waals surface area (Å²) in [5, 5.41) is 0. The number of ether oxygens (including phenoxy) is 1. The highest BCUT2D eigenvalue weighted by Crippen LogP contribution is 2.19. The first-order valence-electron chi connectivity index (χ1n) is 9.15. The number of carbonyl (C=O) groups excluding carboxylic acids is 1. The number of hydrogen-bond acceptors (Lipinski definition) is 4. The standard InChI is InChI=1S/C19H26N2O4S/c1-16-4-2-3-11-21(16)19(22)10-7-17-5-8-18(9-6-17)26(23,24)20-12-14-25-15-13-20/h5-10,16H,2-4,11-15H2,1H3. The van der Waals surface area contributed by atoms with Gasteiger partial charge < -0.3 is 9.64 Å². The summed E-state index contributed by atoms with van der Waals surface area (Å²) >= 11 is 0. The van der Waals surface area contributed by atoms with E-state index in [4.69, 9.17) is 4.74 Å². The quantitative estimate of drug-likeness (QED) is 0.753. The smallest absolute Gasteiger partial charge is 0.246 e. The molecule has 0 radical (unpaired) electrons. The van der Waals surface area contributed by atoms with Crippen LogP contribution in [0.1, 0.15) is 31.7 Å². The number of hydrogen-bond donors (Lipinski definition) is 0. The lowest BCUT2D eigenvalue weighted by Crippen LogP contribution is -2.41. The summed E-state index contributed by atoms with van der Waals surface area (Å²) < 4.78 is 31.9. The van der Waals surface area contributed by atoms with E-state index in [1.54, 1.807) is 36.4 Å². The third kappa shape index (κ3) is 4.34. The molecule has 3 rings (SSSR count). The van der Waals surface area contributed by atoms with E-state index >= 15 is 0 Å². The molecular formula is C19H26N2O4S. The van der Waals surface area contributed by atoms with Crippen molar-refractivity contribution in [3.8, 4) is 0 Å². The van der Waals surface area contributed by atoms with E-state index in [0.29, 0.717) is 26.3 Å². The summed E-state index contributed by atoms with van der Waals surface area (Å²) in [5.74, 6) is 0.0159. The minimum absolute atomic E-state index is 0.0159. The molecule has 6 nitrogen and oxygen atoms in total. The molecule has 2 heterocycles. The molecule has 26 heavy (non-hydrogen) atoms. The third-order valence-corrected chi connectivity index (χ3v) is 6.91. The molecule has 2 saturated heterocycles. The van der Waals surface area contributed by atoms with E-state index in [9.17, 15) is 13.2 Å². The Morgan fingerprint density at radius 1 is 1.12 bits per heavy atom. The van der Waals surface area contributed by atoms with Crippen LogP contribution in [0.2, 0.25) is 0 Å². The molecule has 7 heteroatoms. The topological polar surface area (TPSA) is 66.9 Å². The SMILES string of the molecule is CC1CCCCN1C(=O)C=Cc1ccc(S(=O)(=O)N2CCOCC2)cc1. The van der Waals surface area contributed by atoms with E-state index in [1.807, 2.05) is 4.90 Å². The number of morpholine rings is 1. The number of carbonyl (C=O) groups is 1. The number of likely N-dealkylation sites (tertiary alicyclic amines) is 1. The fraction of sp³-hybridized carbons (Fsp3) is 0.526. The summed E-state index contributed by atoms with van der Waals surface area (Å²) in [7, 11) is -3.48. The van der Waals surface area contributed by atoms with Crippen LogP contribution in [0.4, 0.5) is 0 Å². The van der Waals surface area contributed by atoms with Gasteiger partial charge in [-0.15, -0.1) is 0 Å². The minimum Gasteiger partial charge on any atom is -0.379 e. The van der Waals surface area contributed by atoms with Crippen molar-refractivity contribution in [2.24, 2.45) is 0 Å². The Kier molecular flexibility index (Phi) is 6.11. The molecule has 1 unspecified atom stereocenters. The van der Waals surface area contributed by atoms with Crippen molar-refractivity contribution < 1.29 is 17.9 Å². The van der Waals surface area contributed by atoms with Gasteiger partial charge in [-0.05, 0) is 50.0 Å². The van der Waals surface area contributed by atoms with Crippen LogP contribution in [-0.4, -0.2) is 62.4 Å². The van der Waals surface area contributed by atoms with Crippen LogP contribution in [0.3, 0.4) is 0 Å². The van der Waals surface area contributed by atoms with E-state index in [2.05, 4.69) is 6.92 Å². The second-order valence-electron chi connectivity index (χ2n) is 6.80. The van der Waals surface area contributed by atoms with Crippen molar-refractivity contribution in [2.45, 2.75) is 37.1 Å². The van der Waals surface area contributed by atoms with Crippen molar-refractivity contribution in [1.82, 2.24) is 9.21 Å². The number of sulfonamides is 1. The maximum absolute atomic E-state index is 12.6. The average molecular weight is 378 g/mol. The van der Waals surface area contributed by atoms with E-state index in [1.165, 1.54) is 10.7 Å². The maximum Gasteiger partial charge on any atom is 0.246 e. The van der Waals surface area contributed by atoms with Gasteiger partial charge >= 0.3 is 0 Å². The Morgan fingerprint density at radius 3 is 2.46 bits per heavy atom. The fourth-order valence-corrected chi connectivity index (χ4v) is 4.78. The van der Waals surface area contributed by atoms with Crippen molar-refractivity contribution in [2.75, 3.05) is 32.8 Å². The van der Waals surface area contributed by atoms with E-state index in [0.717, 1.165) is 24.9 Å². The largest absolute Gasteiger partial charge is 0.379 e. The molecule has 2 aliphatic rings. The molecule has 2 fully saturated rings.